The van der Waals surface area contributed by atoms with Crippen molar-refractivity contribution in [3.63, 3.8) is 0 Å². The number of benzene rings is 3. The molecule has 1 aromatic heterocycles. The molecule has 7 nitrogen and oxygen atoms in total. The highest BCUT2D eigenvalue weighted by molar-refractivity contribution is 6.00. The summed E-state index contributed by atoms with van der Waals surface area (Å²) in [6.07, 6.45) is 1.61. The van der Waals surface area contributed by atoms with E-state index in [1.165, 1.54) is 18.2 Å². The number of nitrogens with one attached hydrogen (secondary N) is 2. The van der Waals surface area contributed by atoms with Crippen molar-refractivity contribution >= 4 is 34.3 Å². The molecule has 0 spiro atoms. The van der Waals surface area contributed by atoms with Gasteiger partial charge in [0.1, 0.15) is 0 Å². The fraction of sp³-hybridized carbons (Fsp3) is 0.0833. The summed E-state index contributed by atoms with van der Waals surface area (Å²) in [5.74, 6) is -1.16. The van der Waals surface area contributed by atoms with Crippen LogP contribution in [0.2, 0.25) is 0 Å². The van der Waals surface area contributed by atoms with Gasteiger partial charge >= 0.3 is 5.97 Å². The minimum absolute atomic E-state index is 0.0211. The molecule has 0 bridgehead atoms. The SMILES string of the molecule is CCNC(=O)c1ccc(C(=O)O)c(Nc2nccc(-c3ccc4ccccc4c3)n2)c1. The molecule has 3 N–H and O–H groups in total. The average molecular weight is 412 g/mol. The number of rotatable bonds is 6. The Balaban J connectivity index is 1.68. The summed E-state index contributed by atoms with van der Waals surface area (Å²) in [4.78, 5) is 32.6. The number of carbonyl (C=O) groups is 2. The first-order valence-electron chi connectivity index (χ1n) is 9.80. The second-order valence-corrected chi connectivity index (χ2v) is 6.88. The van der Waals surface area contributed by atoms with Gasteiger partial charge in [0.15, 0.2) is 0 Å². The zero-order valence-corrected chi connectivity index (χ0v) is 16.8. The molecule has 154 valence electrons. The first-order chi connectivity index (χ1) is 15.0. The Bertz CT molecular complexity index is 1290. The van der Waals surface area contributed by atoms with Crippen LogP contribution in [-0.2, 0) is 0 Å². The zero-order valence-electron chi connectivity index (χ0n) is 16.8. The van der Waals surface area contributed by atoms with E-state index in [1.807, 2.05) is 49.4 Å². The number of aromatic carboxylic acids is 1. The molecular formula is C24H20N4O3. The summed E-state index contributed by atoms with van der Waals surface area (Å²) in [6.45, 7) is 2.29. The number of hydrogen-bond acceptors (Lipinski definition) is 5. The Morgan fingerprint density at radius 3 is 2.55 bits per heavy atom. The van der Waals surface area contributed by atoms with Crippen LogP contribution < -0.4 is 10.6 Å². The first-order valence-corrected chi connectivity index (χ1v) is 9.80. The Kier molecular flexibility index (Phi) is 5.57. The van der Waals surface area contributed by atoms with E-state index in [1.54, 1.807) is 12.3 Å². The summed E-state index contributed by atoms with van der Waals surface area (Å²) in [7, 11) is 0. The summed E-state index contributed by atoms with van der Waals surface area (Å²) >= 11 is 0. The van der Waals surface area contributed by atoms with E-state index < -0.39 is 5.97 Å². The molecule has 31 heavy (non-hydrogen) atoms. The number of carboxylic acids is 1. The third-order valence-corrected chi connectivity index (χ3v) is 4.80. The lowest BCUT2D eigenvalue weighted by Crippen LogP contribution is -2.23. The highest BCUT2D eigenvalue weighted by atomic mass is 16.4. The van der Waals surface area contributed by atoms with Gasteiger partial charge < -0.3 is 15.7 Å². The van der Waals surface area contributed by atoms with Crippen LogP contribution in [0.15, 0.2) is 72.9 Å². The highest BCUT2D eigenvalue weighted by Crippen LogP contribution is 2.25. The van der Waals surface area contributed by atoms with Crippen LogP contribution in [0, 0.1) is 0 Å². The van der Waals surface area contributed by atoms with Gasteiger partial charge in [-0.25, -0.2) is 14.8 Å². The molecular weight excluding hydrogens is 392 g/mol. The number of aromatic nitrogens is 2. The minimum atomic E-state index is -1.12. The van der Waals surface area contributed by atoms with Gasteiger partial charge in [-0.2, -0.15) is 0 Å². The van der Waals surface area contributed by atoms with Crippen LogP contribution in [-0.4, -0.2) is 33.5 Å². The predicted molar refractivity (Wildman–Crippen MR) is 120 cm³/mol. The molecule has 1 amide bonds. The molecule has 0 aliphatic rings. The monoisotopic (exact) mass is 412 g/mol. The maximum atomic E-state index is 12.2. The number of nitrogens with zero attached hydrogens (tertiary/aromatic N) is 2. The van der Waals surface area contributed by atoms with E-state index in [2.05, 4.69) is 20.6 Å². The van der Waals surface area contributed by atoms with E-state index in [4.69, 9.17) is 0 Å². The van der Waals surface area contributed by atoms with Crippen LogP contribution in [0.3, 0.4) is 0 Å². The number of carbonyl (C=O) groups excluding carboxylic acids is 1. The fourth-order valence-corrected chi connectivity index (χ4v) is 3.29. The molecule has 0 saturated heterocycles. The fourth-order valence-electron chi connectivity index (χ4n) is 3.29. The predicted octanol–water partition coefficient (Wildman–Crippen LogP) is 4.49. The number of anilines is 2. The van der Waals surface area contributed by atoms with Gasteiger partial charge in [0, 0.05) is 23.9 Å². The molecule has 4 aromatic rings. The smallest absolute Gasteiger partial charge is 0.337 e. The van der Waals surface area contributed by atoms with E-state index in [9.17, 15) is 14.7 Å². The Morgan fingerprint density at radius 2 is 1.77 bits per heavy atom. The lowest BCUT2D eigenvalue weighted by Gasteiger charge is -2.11. The molecule has 0 saturated carbocycles. The molecule has 1 heterocycles. The maximum absolute atomic E-state index is 12.2. The number of fused-ring (bicyclic) bond motifs is 1. The zero-order chi connectivity index (χ0) is 21.8. The van der Waals surface area contributed by atoms with Crippen molar-refractivity contribution in [2.75, 3.05) is 11.9 Å². The lowest BCUT2D eigenvalue weighted by molar-refractivity contribution is 0.0697. The topological polar surface area (TPSA) is 104 Å². The molecule has 7 heteroatoms. The standard InChI is InChI=1S/C24H20N4O3/c1-2-25-22(29)18-9-10-19(23(30)31)21(14-18)28-24-26-12-11-20(27-24)17-8-7-15-5-3-4-6-16(15)13-17/h3-14H,2H2,1H3,(H,25,29)(H,30,31)(H,26,27,28). The molecule has 0 fully saturated rings. The second-order valence-electron chi connectivity index (χ2n) is 6.88. The van der Waals surface area contributed by atoms with Crippen LogP contribution in [0.4, 0.5) is 11.6 Å². The van der Waals surface area contributed by atoms with Crippen LogP contribution in [0.1, 0.15) is 27.6 Å². The van der Waals surface area contributed by atoms with Crippen molar-refractivity contribution in [1.82, 2.24) is 15.3 Å². The summed E-state index contributed by atoms with van der Waals surface area (Å²) in [5.41, 5.74) is 2.22. The Hall–Kier alpha value is -4.26. The van der Waals surface area contributed by atoms with Gasteiger partial charge in [-0.05, 0) is 48.0 Å². The van der Waals surface area contributed by atoms with Crippen molar-refractivity contribution < 1.29 is 14.7 Å². The van der Waals surface area contributed by atoms with Crippen LogP contribution in [0.5, 0.6) is 0 Å². The van der Waals surface area contributed by atoms with Gasteiger partial charge in [-0.3, -0.25) is 4.79 Å². The number of hydrogen-bond donors (Lipinski definition) is 3. The van der Waals surface area contributed by atoms with Gasteiger partial charge in [0.25, 0.3) is 5.91 Å². The normalized spacial score (nSPS) is 10.6. The molecule has 0 unspecified atom stereocenters. The molecule has 0 radical (unpaired) electrons. The molecule has 0 atom stereocenters. The van der Waals surface area contributed by atoms with Crippen molar-refractivity contribution in [1.29, 1.82) is 0 Å². The third-order valence-electron chi connectivity index (χ3n) is 4.80. The minimum Gasteiger partial charge on any atom is -0.478 e. The average Bonchev–Trinajstić information content (AvgIpc) is 2.79. The van der Waals surface area contributed by atoms with E-state index in [0.717, 1.165) is 16.3 Å². The van der Waals surface area contributed by atoms with Crippen molar-refractivity contribution in [2.24, 2.45) is 0 Å². The van der Waals surface area contributed by atoms with Crippen LogP contribution >= 0.6 is 0 Å². The summed E-state index contributed by atoms with van der Waals surface area (Å²) in [5, 5.41) is 17.4. The van der Waals surface area contributed by atoms with E-state index >= 15 is 0 Å². The van der Waals surface area contributed by atoms with Gasteiger partial charge in [-0.15, -0.1) is 0 Å². The number of amides is 1. The summed E-state index contributed by atoms with van der Waals surface area (Å²) < 4.78 is 0. The summed E-state index contributed by atoms with van der Waals surface area (Å²) in [6, 6.07) is 20.2. The quantitative estimate of drug-likeness (QED) is 0.431. The van der Waals surface area contributed by atoms with Gasteiger partial charge in [0.2, 0.25) is 5.95 Å². The van der Waals surface area contributed by atoms with Crippen molar-refractivity contribution in [2.45, 2.75) is 6.92 Å². The van der Waals surface area contributed by atoms with Crippen LogP contribution in [0.25, 0.3) is 22.0 Å². The van der Waals surface area contributed by atoms with E-state index in [0.29, 0.717) is 17.8 Å². The maximum Gasteiger partial charge on any atom is 0.337 e. The Labute approximate surface area is 178 Å². The van der Waals surface area contributed by atoms with Gasteiger partial charge in [0.05, 0.1) is 16.9 Å². The van der Waals surface area contributed by atoms with Gasteiger partial charge in [-0.1, -0.05) is 36.4 Å². The first kappa shape index (κ1) is 20.0. The third kappa shape index (κ3) is 4.35. The number of carboxylic acid groups (broad SMARTS) is 1. The second kappa shape index (κ2) is 8.62. The molecule has 0 aliphatic carbocycles. The Morgan fingerprint density at radius 1 is 0.968 bits per heavy atom. The largest absolute Gasteiger partial charge is 0.478 e. The van der Waals surface area contributed by atoms with Crippen molar-refractivity contribution in [3.05, 3.63) is 84.1 Å². The van der Waals surface area contributed by atoms with E-state index in [-0.39, 0.29) is 23.1 Å². The highest BCUT2D eigenvalue weighted by Gasteiger charge is 2.15. The molecule has 0 aliphatic heterocycles. The van der Waals surface area contributed by atoms with Crippen molar-refractivity contribution in [3.8, 4) is 11.3 Å². The molecule has 3 aromatic carbocycles. The lowest BCUT2D eigenvalue weighted by atomic mass is 10.1. The molecule has 4 rings (SSSR count).